The molecule has 1 aliphatic rings. The van der Waals surface area contributed by atoms with Gasteiger partial charge in [-0.05, 0) is 13.0 Å². The van der Waals surface area contributed by atoms with Crippen molar-refractivity contribution in [1.29, 1.82) is 0 Å². The number of carbonyl (C=O) groups excluding carboxylic acids is 1. The van der Waals surface area contributed by atoms with Gasteiger partial charge in [0.1, 0.15) is 10.6 Å². The third-order valence-corrected chi connectivity index (χ3v) is 5.66. The molecule has 1 aromatic carbocycles. The van der Waals surface area contributed by atoms with Crippen molar-refractivity contribution in [2.75, 3.05) is 19.7 Å². The van der Waals surface area contributed by atoms with Gasteiger partial charge in [0, 0.05) is 24.0 Å². The molecule has 0 bridgehead atoms. The van der Waals surface area contributed by atoms with E-state index in [0.717, 1.165) is 0 Å². The summed E-state index contributed by atoms with van der Waals surface area (Å²) in [6, 6.07) is 6.86. The zero-order valence-corrected chi connectivity index (χ0v) is 14.9. The van der Waals surface area contributed by atoms with Gasteiger partial charge < -0.3 is 15.5 Å². The molecule has 3 N–H and O–H groups in total. The first-order valence-electron chi connectivity index (χ1n) is 7.93. The maximum Gasteiger partial charge on any atom is 0.266 e. The van der Waals surface area contributed by atoms with Gasteiger partial charge in [-0.15, -0.1) is 0 Å². The fraction of sp³-hybridized carbons (Fsp3) is 0.438. The normalized spacial score (nSPS) is 18.9. The second-order valence-corrected chi connectivity index (χ2v) is 7.16. The number of primary amides is 1. The number of hydrogen-bond acceptors (Lipinski definition) is 4. The summed E-state index contributed by atoms with van der Waals surface area (Å²) in [5, 5.41) is 0.468. The van der Waals surface area contributed by atoms with Crippen LogP contribution in [0.25, 0.3) is 10.9 Å². The number of H-pyrrole nitrogens is 1. The molecule has 1 unspecified atom stereocenters. The smallest absolute Gasteiger partial charge is 0.266 e. The number of nitrogens with two attached hydrogens (primary N) is 1. The van der Waals surface area contributed by atoms with E-state index in [2.05, 4.69) is 4.98 Å². The zero-order valence-electron chi connectivity index (χ0n) is 14.1. The van der Waals surface area contributed by atoms with Crippen molar-refractivity contribution >= 4 is 26.8 Å². The number of ether oxygens (including phenoxy) is 1. The summed E-state index contributed by atoms with van der Waals surface area (Å²) in [5.74, 6) is -0.795. The summed E-state index contributed by atoms with van der Waals surface area (Å²) in [7, 11) is -3.83. The number of para-hydroxylation sites is 1. The lowest BCUT2D eigenvalue weighted by Gasteiger charge is -2.30. The van der Waals surface area contributed by atoms with Crippen LogP contribution in [0.2, 0.25) is 0 Å². The maximum atomic E-state index is 13.0. The van der Waals surface area contributed by atoms with Crippen LogP contribution in [-0.4, -0.2) is 49.4 Å². The van der Waals surface area contributed by atoms with Gasteiger partial charge in [0.05, 0.1) is 12.7 Å². The number of rotatable bonds is 3. The summed E-state index contributed by atoms with van der Waals surface area (Å²) in [6.45, 7) is 6.64. The van der Waals surface area contributed by atoms with Gasteiger partial charge in [-0.2, -0.15) is 4.31 Å². The van der Waals surface area contributed by atoms with Crippen molar-refractivity contribution in [3.8, 4) is 0 Å². The molecule has 0 radical (unpaired) electrons. The first-order valence-corrected chi connectivity index (χ1v) is 9.37. The monoisotopic (exact) mass is 353 g/mol. The fourth-order valence-electron chi connectivity index (χ4n) is 2.69. The lowest BCUT2D eigenvalue weighted by Crippen LogP contribution is -2.44. The van der Waals surface area contributed by atoms with Crippen molar-refractivity contribution < 1.29 is 17.9 Å². The highest BCUT2D eigenvalue weighted by Gasteiger charge is 2.34. The summed E-state index contributed by atoms with van der Waals surface area (Å²) >= 11 is 0. The van der Waals surface area contributed by atoms with Crippen LogP contribution in [0.1, 0.15) is 31.3 Å². The Morgan fingerprint density at radius 2 is 2.00 bits per heavy atom. The number of aromatic nitrogens is 1. The molecule has 2 aromatic rings. The Kier molecular flexibility index (Phi) is 5.63. The third-order valence-electron chi connectivity index (χ3n) is 3.71. The predicted molar refractivity (Wildman–Crippen MR) is 92.3 cm³/mol. The van der Waals surface area contributed by atoms with E-state index in [1.165, 1.54) is 4.31 Å². The minimum absolute atomic E-state index is 0.0512. The molecule has 0 saturated carbocycles. The van der Waals surface area contributed by atoms with Crippen molar-refractivity contribution in [1.82, 2.24) is 9.29 Å². The molecule has 1 aliphatic heterocycles. The number of benzene rings is 1. The number of aromatic amines is 1. The topological polar surface area (TPSA) is 105 Å². The Hall–Kier alpha value is -1.90. The van der Waals surface area contributed by atoms with Crippen molar-refractivity contribution in [2.45, 2.75) is 31.8 Å². The van der Waals surface area contributed by atoms with Crippen LogP contribution >= 0.6 is 0 Å². The van der Waals surface area contributed by atoms with Crippen LogP contribution in [0, 0.1) is 0 Å². The number of hydrogen-bond donors (Lipinski definition) is 2. The third kappa shape index (κ3) is 3.31. The molecule has 2 heterocycles. The minimum atomic E-state index is -3.83. The zero-order chi connectivity index (χ0) is 17.9. The molecule has 7 nitrogen and oxygen atoms in total. The number of fused-ring (bicyclic) bond motifs is 1. The molecule has 3 rings (SSSR count). The molecule has 1 aromatic heterocycles. The van der Waals surface area contributed by atoms with Crippen LogP contribution in [0.3, 0.4) is 0 Å². The molecule has 8 heteroatoms. The molecule has 1 amide bonds. The maximum absolute atomic E-state index is 13.0. The van der Waals surface area contributed by atoms with Gasteiger partial charge in [-0.3, -0.25) is 4.79 Å². The molecule has 1 atom stereocenters. The summed E-state index contributed by atoms with van der Waals surface area (Å²) in [4.78, 5) is 14.4. The Labute approximate surface area is 141 Å². The first kappa shape index (κ1) is 18.4. The van der Waals surface area contributed by atoms with Crippen LogP contribution in [0.15, 0.2) is 29.2 Å². The highest BCUT2D eigenvalue weighted by molar-refractivity contribution is 7.89. The van der Waals surface area contributed by atoms with E-state index in [4.69, 9.17) is 10.5 Å². The number of nitrogens with zero attached hydrogens (tertiary/aromatic N) is 1. The number of amides is 1. The van der Waals surface area contributed by atoms with Gasteiger partial charge in [-0.1, -0.05) is 32.0 Å². The SMILES string of the molecule is CC.CC1CN(S(=O)(=O)c2c(C(N)=O)[nH]c3ccccc23)CCO1. The van der Waals surface area contributed by atoms with E-state index >= 15 is 0 Å². The minimum Gasteiger partial charge on any atom is -0.376 e. The fourth-order valence-corrected chi connectivity index (χ4v) is 4.54. The van der Waals surface area contributed by atoms with Gasteiger partial charge in [0.15, 0.2) is 0 Å². The van der Waals surface area contributed by atoms with E-state index < -0.39 is 15.9 Å². The first-order chi connectivity index (χ1) is 11.4. The Morgan fingerprint density at radius 3 is 2.62 bits per heavy atom. The quantitative estimate of drug-likeness (QED) is 0.876. The van der Waals surface area contributed by atoms with Gasteiger partial charge in [-0.25, -0.2) is 8.42 Å². The summed E-state index contributed by atoms with van der Waals surface area (Å²) < 4.78 is 32.7. The Morgan fingerprint density at radius 1 is 1.33 bits per heavy atom. The van der Waals surface area contributed by atoms with E-state index in [0.29, 0.717) is 17.5 Å². The number of morpholine rings is 1. The Balaban J connectivity index is 0.00000100. The summed E-state index contributed by atoms with van der Waals surface area (Å²) in [5.41, 5.74) is 5.84. The highest BCUT2D eigenvalue weighted by Crippen LogP contribution is 2.30. The van der Waals surface area contributed by atoms with Crippen LogP contribution in [-0.2, 0) is 14.8 Å². The second kappa shape index (κ2) is 7.33. The molecule has 1 saturated heterocycles. The van der Waals surface area contributed by atoms with Gasteiger partial charge in [0.25, 0.3) is 5.91 Å². The lowest BCUT2D eigenvalue weighted by atomic mass is 10.2. The lowest BCUT2D eigenvalue weighted by molar-refractivity contribution is 0.0102. The van der Waals surface area contributed by atoms with Crippen LogP contribution in [0.4, 0.5) is 0 Å². The Bertz CT molecular complexity index is 829. The van der Waals surface area contributed by atoms with E-state index in [1.807, 2.05) is 20.8 Å². The van der Waals surface area contributed by atoms with Crippen molar-refractivity contribution in [2.24, 2.45) is 5.73 Å². The van der Waals surface area contributed by atoms with E-state index in [9.17, 15) is 13.2 Å². The standard InChI is InChI=1S/C14H17N3O4S.C2H6/c1-9-8-17(6-7-21-9)22(19,20)13-10-4-2-3-5-11(10)16-12(13)14(15)18;1-2/h2-5,9,16H,6-8H2,1H3,(H2,15,18);1-2H3. The van der Waals surface area contributed by atoms with E-state index in [1.54, 1.807) is 24.3 Å². The van der Waals surface area contributed by atoms with Gasteiger partial charge in [0.2, 0.25) is 10.0 Å². The molecule has 1 fully saturated rings. The van der Waals surface area contributed by atoms with Crippen LogP contribution in [0.5, 0.6) is 0 Å². The predicted octanol–water partition coefficient (Wildman–Crippen LogP) is 1.70. The molecule has 0 spiro atoms. The van der Waals surface area contributed by atoms with Crippen LogP contribution < -0.4 is 5.73 Å². The average Bonchev–Trinajstić information content (AvgIpc) is 2.97. The van der Waals surface area contributed by atoms with E-state index in [-0.39, 0.29) is 29.8 Å². The average molecular weight is 353 g/mol. The molecule has 132 valence electrons. The number of nitrogens with one attached hydrogen (secondary N) is 1. The summed E-state index contributed by atoms with van der Waals surface area (Å²) in [6.07, 6.45) is -0.189. The molecular weight excluding hydrogens is 330 g/mol. The van der Waals surface area contributed by atoms with Crippen molar-refractivity contribution in [3.63, 3.8) is 0 Å². The highest BCUT2D eigenvalue weighted by atomic mass is 32.2. The molecular formula is C16H23N3O4S. The van der Waals surface area contributed by atoms with Gasteiger partial charge >= 0.3 is 0 Å². The molecule has 0 aliphatic carbocycles. The number of sulfonamides is 1. The largest absolute Gasteiger partial charge is 0.376 e. The van der Waals surface area contributed by atoms with Crippen molar-refractivity contribution in [3.05, 3.63) is 30.0 Å². The second-order valence-electron chi connectivity index (χ2n) is 5.28. The molecule has 24 heavy (non-hydrogen) atoms. The number of carbonyl (C=O) groups is 1.